The van der Waals surface area contributed by atoms with E-state index >= 15 is 0 Å². The Morgan fingerprint density at radius 3 is 2.42 bits per heavy atom. The Bertz CT molecular complexity index is 734. The van der Waals surface area contributed by atoms with E-state index in [1.54, 1.807) is 0 Å². The monoisotopic (exact) mass is 321 g/mol. The Kier molecular flexibility index (Phi) is 6.03. The molecule has 0 aliphatic heterocycles. The average molecular weight is 321 g/mol. The Balaban J connectivity index is 1.94. The van der Waals surface area contributed by atoms with Crippen LogP contribution in [0.25, 0.3) is 11.1 Å². The topological polar surface area (TPSA) is 38.3 Å². The largest absolute Gasteiger partial charge is 0.444 e. The van der Waals surface area contributed by atoms with Crippen LogP contribution in [0.5, 0.6) is 0 Å². The minimum Gasteiger partial charge on any atom is -0.444 e. The highest BCUT2D eigenvalue weighted by Crippen LogP contribution is 2.22. The van der Waals surface area contributed by atoms with Gasteiger partial charge in [-0.25, -0.2) is 4.79 Å². The van der Waals surface area contributed by atoms with Crippen molar-refractivity contribution in [1.82, 2.24) is 5.32 Å². The smallest absolute Gasteiger partial charge is 0.407 e. The molecule has 1 amide bonds. The molecule has 0 atom stereocenters. The van der Waals surface area contributed by atoms with Gasteiger partial charge in [0.15, 0.2) is 0 Å². The van der Waals surface area contributed by atoms with Gasteiger partial charge in [0.2, 0.25) is 0 Å². The van der Waals surface area contributed by atoms with Crippen molar-refractivity contribution in [1.29, 1.82) is 0 Å². The molecular weight excluding hydrogens is 298 g/mol. The van der Waals surface area contributed by atoms with Crippen LogP contribution in [-0.2, 0) is 4.74 Å². The highest BCUT2D eigenvalue weighted by Gasteiger charge is 2.15. The van der Waals surface area contributed by atoms with E-state index in [1.807, 2.05) is 57.2 Å². The summed E-state index contributed by atoms with van der Waals surface area (Å²) in [6.45, 7) is 5.99. The Hall–Kier alpha value is -2.73. The first kappa shape index (κ1) is 17.6. The average Bonchev–Trinajstić information content (AvgIpc) is 2.54. The Morgan fingerprint density at radius 2 is 1.71 bits per heavy atom. The second kappa shape index (κ2) is 8.21. The normalized spacial score (nSPS) is 10.5. The molecule has 0 spiro atoms. The summed E-state index contributed by atoms with van der Waals surface area (Å²) in [5, 5.41) is 2.71. The van der Waals surface area contributed by atoms with Crippen LogP contribution in [0, 0.1) is 11.8 Å². The number of carbonyl (C=O) groups excluding carboxylic acids is 1. The zero-order chi connectivity index (χ0) is 17.4. The van der Waals surface area contributed by atoms with Crippen LogP contribution in [0.2, 0.25) is 0 Å². The molecule has 0 radical (unpaired) electrons. The molecule has 3 nitrogen and oxygen atoms in total. The minimum absolute atomic E-state index is 0.408. The fourth-order valence-corrected chi connectivity index (χ4v) is 2.16. The van der Waals surface area contributed by atoms with E-state index in [9.17, 15) is 4.79 Å². The van der Waals surface area contributed by atoms with E-state index in [1.165, 1.54) is 0 Å². The van der Waals surface area contributed by atoms with Crippen LogP contribution in [0.3, 0.4) is 0 Å². The molecule has 0 heterocycles. The summed E-state index contributed by atoms with van der Waals surface area (Å²) in [7, 11) is 0. The molecule has 2 aromatic rings. The fraction of sp³-hybridized carbons (Fsp3) is 0.286. The first-order valence-corrected chi connectivity index (χ1v) is 8.06. The quantitative estimate of drug-likeness (QED) is 0.662. The van der Waals surface area contributed by atoms with Gasteiger partial charge in [0.05, 0.1) is 0 Å². The van der Waals surface area contributed by atoms with Crippen LogP contribution in [0.15, 0.2) is 54.6 Å². The lowest BCUT2D eigenvalue weighted by Gasteiger charge is -2.19. The number of carbonyl (C=O) groups is 1. The number of nitrogens with one attached hydrogen (secondary N) is 1. The summed E-state index contributed by atoms with van der Waals surface area (Å²) in [5.41, 5.74) is 2.77. The highest BCUT2D eigenvalue weighted by atomic mass is 16.6. The van der Waals surface area contributed by atoms with Crippen molar-refractivity contribution in [2.45, 2.75) is 32.8 Å². The molecule has 124 valence electrons. The fourth-order valence-electron chi connectivity index (χ4n) is 2.16. The first-order chi connectivity index (χ1) is 11.5. The van der Waals surface area contributed by atoms with Gasteiger partial charge in [-0.2, -0.15) is 0 Å². The van der Waals surface area contributed by atoms with Gasteiger partial charge in [-0.1, -0.05) is 60.4 Å². The maximum Gasteiger partial charge on any atom is 0.407 e. The van der Waals surface area contributed by atoms with Crippen molar-refractivity contribution < 1.29 is 9.53 Å². The van der Waals surface area contributed by atoms with Crippen molar-refractivity contribution >= 4 is 6.09 Å². The summed E-state index contributed by atoms with van der Waals surface area (Å²) in [6, 6.07) is 18.3. The second-order valence-corrected chi connectivity index (χ2v) is 6.39. The molecule has 0 bridgehead atoms. The van der Waals surface area contributed by atoms with E-state index in [4.69, 9.17) is 4.74 Å². The molecule has 0 fully saturated rings. The summed E-state index contributed by atoms with van der Waals surface area (Å²) < 4.78 is 5.18. The van der Waals surface area contributed by atoms with Crippen molar-refractivity contribution in [2.75, 3.05) is 6.54 Å². The van der Waals surface area contributed by atoms with Crippen LogP contribution < -0.4 is 5.32 Å². The SMILES string of the molecule is CC(C)(C)OC(=O)NCCC#Cc1ccccc1-c1ccccc1. The lowest BCUT2D eigenvalue weighted by atomic mass is 10.00. The molecule has 2 rings (SSSR count). The van der Waals surface area contributed by atoms with Crippen molar-refractivity contribution in [3.63, 3.8) is 0 Å². The van der Waals surface area contributed by atoms with Gasteiger partial charge in [0, 0.05) is 18.5 Å². The van der Waals surface area contributed by atoms with Gasteiger partial charge in [-0.15, -0.1) is 0 Å². The number of hydrogen-bond donors (Lipinski definition) is 1. The molecule has 0 unspecified atom stereocenters. The third kappa shape index (κ3) is 5.81. The maximum atomic E-state index is 11.5. The van der Waals surface area contributed by atoms with Crippen LogP contribution in [-0.4, -0.2) is 18.2 Å². The Labute approximate surface area is 144 Å². The minimum atomic E-state index is -0.482. The highest BCUT2D eigenvalue weighted by molar-refractivity contribution is 5.71. The third-order valence-electron chi connectivity index (χ3n) is 3.15. The zero-order valence-corrected chi connectivity index (χ0v) is 14.4. The second-order valence-electron chi connectivity index (χ2n) is 6.39. The lowest BCUT2D eigenvalue weighted by molar-refractivity contribution is 0.0529. The summed E-state index contributed by atoms with van der Waals surface area (Å²) in [4.78, 5) is 11.5. The van der Waals surface area contributed by atoms with Crippen molar-refractivity contribution in [3.05, 3.63) is 60.2 Å². The summed E-state index contributed by atoms with van der Waals surface area (Å²) >= 11 is 0. The Morgan fingerprint density at radius 1 is 1.04 bits per heavy atom. The number of amides is 1. The summed E-state index contributed by atoms with van der Waals surface area (Å²) in [5.74, 6) is 6.30. The third-order valence-corrected chi connectivity index (χ3v) is 3.15. The zero-order valence-electron chi connectivity index (χ0n) is 14.4. The van der Waals surface area contributed by atoms with Crippen LogP contribution >= 0.6 is 0 Å². The predicted molar refractivity (Wildman–Crippen MR) is 97.6 cm³/mol. The standard InChI is InChI=1S/C21H23NO2/c1-21(2,3)24-20(23)22-16-10-9-14-18-13-7-8-15-19(18)17-11-5-4-6-12-17/h4-8,11-13,15H,10,16H2,1-3H3,(H,22,23). The number of benzene rings is 2. The van der Waals surface area contributed by atoms with E-state index in [0.29, 0.717) is 13.0 Å². The van der Waals surface area contributed by atoms with Gasteiger partial charge >= 0.3 is 6.09 Å². The number of ether oxygens (including phenoxy) is 1. The number of rotatable bonds is 3. The van der Waals surface area contributed by atoms with Crippen LogP contribution in [0.4, 0.5) is 4.79 Å². The van der Waals surface area contributed by atoms with E-state index in [0.717, 1.165) is 16.7 Å². The molecule has 0 aliphatic rings. The van der Waals surface area contributed by atoms with Gasteiger partial charge in [0.1, 0.15) is 5.60 Å². The van der Waals surface area contributed by atoms with Gasteiger partial charge in [0.25, 0.3) is 0 Å². The number of alkyl carbamates (subject to hydrolysis) is 1. The lowest BCUT2D eigenvalue weighted by Crippen LogP contribution is -2.32. The van der Waals surface area contributed by atoms with Crippen molar-refractivity contribution in [2.24, 2.45) is 0 Å². The molecule has 0 saturated carbocycles. The molecule has 3 heteroatoms. The molecular formula is C21H23NO2. The van der Waals surface area contributed by atoms with Gasteiger partial charge in [-0.3, -0.25) is 0 Å². The molecule has 0 aromatic heterocycles. The molecule has 1 N–H and O–H groups in total. The summed E-state index contributed by atoms with van der Waals surface area (Å²) in [6.07, 6.45) is 0.163. The predicted octanol–water partition coefficient (Wildman–Crippen LogP) is 4.62. The van der Waals surface area contributed by atoms with Crippen LogP contribution in [0.1, 0.15) is 32.8 Å². The molecule has 0 aliphatic carbocycles. The van der Waals surface area contributed by atoms with Gasteiger partial charge in [-0.05, 0) is 38.0 Å². The first-order valence-electron chi connectivity index (χ1n) is 8.06. The molecule has 24 heavy (non-hydrogen) atoms. The maximum absolute atomic E-state index is 11.5. The van der Waals surface area contributed by atoms with E-state index in [2.05, 4.69) is 35.4 Å². The molecule has 2 aromatic carbocycles. The van der Waals surface area contributed by atoms with E-state index < -0.39 is 11.7 Å². The number of hydrogen-bond acceptors (Lipinski definition) is 2. The van der Waals surface area contributed by atoms with Crippen molar-refractivity contribution in [3.8, 4) is 23.0 Å². The van der Waals surface area contributed by atoms with E-state index in [-0.39, 0.29) is 0 Å². The van der Waals surface area contributed by atoms with Gasteiger partial charge < -0.3 is 10.1 Å². The molecule has 0 saturated heterocycles.